The molecule has 1 N–H and O–H groups in total. The molecule has 106 valence electrons. The van der Waals surface area contributed by atoms with Crippen LogP contribution in [0.25, 0.3) is 22.0 Å². The number of aliphatic hydroxyl groups is 1. The van der Waals surface area contributed by atoms with Crippen LogP contribution < -0.4 is 5.56 Å². The smallest absolute Gasteiger partial charge is 0.274 e. The molecule has 0 spiro atoms. The monoisotopic (exact) mass is 280 g/mol. The summed E-state index contributed by atoms with van der Waals surface area (Å²) in [6.45, 7) is 2.11. The van der Waals surface area contributed by atoms with Crippen molar-refractivity contribution in [3.8, 4) is 11.3 Å². The van der Waals surface area contributed by atoms with Crippen LogP contribution in [0.2, 0.25) is 0 Å². The first kappa shape index (κ1) is 13.5. The lowest BCUT2D eigenvalue weighted by Crippen LogP contribution is -2.25. The third kappa shape index (κ3) is 2.45. The molecule has 0 saturated carbocycles. The van der Waals surface area contributed by atoms with Gasteiger partial charge in [0.2, 0.25) is 0 Å². The van der Waals surface area contributed by atoms with Crippen molar-refractivity contribution in [2.75, 3.05) is 6.61 Å². The highest BCUT2D eigenvalue weighted by molar-refractivity contribution is 5.93. The molecule has 2 aromatic carbocycles. The van der Waals surface area contributed by atoms with Crippen LogP contribution in [-0.4, -0.2) is 21.5 Å². The minimum atomic E-state index is -0.171. The highest BCUT2D eigenvalue weighted by Gasteiger charge is 2.11. The second-order valence-corrected chi connectivity index (χ2v) is 5.01. The van der Waals surface area contributed by atoms with Crippen LogP contribution in [0.15, 0.2) is 53.3 Å². The summed E-state index contributed by atoms with van der Waals surface area (Å²) in [5, 5.41) is 15.0. The first-order valence-corrected chi connectivity index (χ1v) is 6.88. The van der Waals surface area contributed by atoms with E-state index in [1.807, 2.05) is 49.4 Å². The quantitative estimate of drug-likeness (QED) is 0.801. The lowest BCUT2D eigenvalue weighted by atomic mass is 10.0. The van der Waals surface area contributed by atoms with Crippen molar-refractivity contribution in [2.24, 2.45) is 0 Å². The van der Waals surface area contributed by atoms with Gasteiger partial charge in [-0.2, -0.15) is 5.10 Å². The van der Waals surface area contributed by atoms with Crippen molar-refractivity contribution >= 4 is 10.8 Å². The zero-order valence-electron chi connectivity index (χ0n) is 11.8. The van der Waals surface area contributed by atoms with Gasteiger partial charge in [-0.15, -0.1) is 0 Å². The molecule has 0 aliphatic rings. The molecule has 0 aliphatic heterocycles. The first-order valence-electron chi connectivity index (χ1n) is 6.88. The second kappa shape index (κ2) is 5.50. The Kier molecular flexibility index (Phi) is 3.54. The van der Waals surface area contributed by atoms with E-state index >= 15 is 0 Å². The highest BCUT2D eigenvalue weighted by atomic mass is 16.3. The zero-order valence-corrected chi connectivity index (χ0v) is 11.8. The van der Waals surface area contributed by atoms with Gasteiger partial charge in [-0.25, -0.2) is 4.68 Å². The predicted molar refractivity (Wildman–Crippen MR) is 83.3 cm³/mol. The van der Waals surface area contributed by atoms with E-state index in [1.54, 1.807) is 6.07 Å². The third-order valence-corrected chi connectivity index (χ3v) is 3.50. The second-order valence-electron chi connectivity index (χ2n) is 5.01. The summed E-state index contributed by atoms with van der Waals surface area (Å²) >= 11 is 0. The molecule has 4 nitrogen and oxygen atoms in total. The fraction of sp³-hybridized carbons (Fsp3) is 0.176. The molecule has 3 rings (SSSR count). The average molecular weight is 280 g/mol. The molecule has 0 unspecified atom stereocenters. The number of aliphatic hydroxyl groups excluding tert-OH is 1. The Balaban J connectivity index is 2.33. The molecular weight excluding hydrogens is 264 g/mol. The molecule has 3 aromatic rings. The molecular formula is C17H16N2O2. The molecule has 0 bridgehead atoms. The Labute approximate surface area is 122 Å². The van der Waals surface area contributed by atoms with E-state index in [-0.39, 0.29) is 18.7 Å². The number of fused-ring (bicyclic) bond motifs is 1. The van der Waals surface area contributed by atoms with Gasteiger partial charge in [-0.3, -0.25) is 4.79 Å². The van der Waals surface area contributed by atoms with Gasteiger partial charge in [-0.1, -0.05) is 48.0 Å². The molecule has 0 fully saturated rings. The summed E-state index contributed by atoms with van der Waals surface area (Å²) in [7, 11) is 0. The van der Waals surface area contributed by atoms with Gasteiger partial charge in [0.15, 0.2) is 0 Å². The number of nitrogens with zero attached hydrogens (tertiary/aromatic N) is 2. The number of benzene rings is 2. The van der Waals surface area contributed by atoms with Crippen LogP contribution in [-0.2, 0) is 6.54 Å². The fourth-order valence-corrected chi connectivity index (χ4v) is 2.41. The average Bonchev–Trinajstić information content (AvgIpc) is 2.51. The molecule has 0 radical (unpaired) electrons. The summed E-state index contributed by atoms with van der Waals surface area (Å²) < 4.78 is 1.33. The zero-order chi connectivity index (χ0) is 14.8. The Morgan fingerprint density at radius 1 is 1.05 bits per heavy atom. The summed E-state index contributed by atoms with van der Waals surface area (Å²) in [4.78, 5) is 12.3. The number of rotatable bonds is 3. The predicted octanol–water partition coefficient (Wildman–Crippen LogP) is 2.36. The minimum Gasteiger partial charge on any atom is -0.394 e. The molecule has 0 atom stereocenters. The van der Waals surface area contributed by atoms with E-state index in [0.717, 1.165) is 16.6 Å². The van der Waals surface area contributed by atoms with E-state index < -0.39 is 0 Å². The van der Waals surface area contributed by atoms with Gasteiger partial charge in [0.05, 0.1) is 24.2 Å². The normalized spacial score (nSPS) is 11.0. The fourth-order valence-electron chi connectivity index (χ4n) is 2.41. The number of hydrogen-bond acceptors (Lipinski definition) is 3. The minimum absolute atomic E-state index is 0.113. The van der Waals surface area contributed by atoms with Crippen molar-refractivity contribution in [1.29, 1.82) is 0 Å². The van der Waals surface area contributed by atoms with Crippen LogP contribution >= 0.6 is 0 Å². The Morgan fingerprint density at radius 2 is 1.71 bits per heavy atom. The molecule has 4 heteroatoms. The van der Waals surface area contributed by atoms with Crippen molar-refractivity contribution in [3.63, 3.8) is 0 Å². The summed E-state index contributed by atoms with van der Waals surface area (Å²) in [5.74, 6) is 0. The van der Waals surface area contributed by atoms with E-state index in [0.29, 0.717) is 5.39 Å². The Bertz CT molecular complexity index is 836. The van der Waals surface area contributed by atoms with Crippen LogP contribution in [0, 0.1) is 6.92 Å². The topological polar surface area (TPSA) is 55.1 Å². The van der Waals surface area contributed by atoms with Crippen molar-refractivity contribution in [2.45, 2.75) is 13.5 Å². The van der Waals surface area contributed by atoms with Crippen LogP contribution in [0.3, 0.4) is 0 Å². The highest BCUT2D eigenvalue weighted by Crippen LogP contribution is 2.24. The third-order valence-electron chi connectivity index (χ3n) is 3.50. The first-order chi connectivity index (χ1) is 10.2. The number of aromatic nitrogens is 2. The lowest BCUT2D eigenvalue weighted by Gasteiger charge is -2.10. The maximum atomic E-state index is 12.3. The molecule has 0 saturated heterocycles. The molecule has 1 heterocycles. The van der Waals surface area contributed by atoms with Crippen molar-refractivity contribution < 1.29 is 5.11 Å². The summed E-state index contributed by atoms with van der Waals surface area (Å²) in [6, 6.07) is 15.5. The number of hydrogen-bond donors (Lipinski definition) is 1. The van der Waals surface area contributed by atoms with Crippen LogP contribution in [0.5, 0.6) is 0 Å². The maximum absolute atomic E-state index is 12.3. The van der Waals surface area contributed by atoms with Crippen molar-refractivity contribution in [1.82, 2.24) is 9.78 Å². The Hall–Kier alpha value is -2.46. The SMILES string of the molecule is Cc1ccc(-c2nn(CCO)c(=O)c3ccccc23)cc1. The molecule has 1 aromatic heterocycles. The van der Waals surface area contributed by atoms with E-state index in [9.17, 15) is 4.79 Å². The largest absolute Gasteiger partial charge is 0.394 e. The van der Waals surface area contributed by atoms with E-state index in [4.69, 9.17) is 5.11 Å². The lowest BCUT2D eigenvalue weighted by molar-refractivity contribution is 0.267. The summed E-state index contributed by atoms with van der Waals surface area (Å²) in [5.41, 5.74) is 2.73. The molecule has 0 aliphatic carbocycles. The van der Waals surface area contributed by atoms with Gasteiger partial charge in [0, 0.05) is 10.9 Å². The standard InChI is InChI=1S/C17H16N2O2/c1-12-6-8-13(9-7-12)16-14-4-2-3-5-15(14)17(21)19(18-16)10-11-20/h2-9,20H,10-11H2,1H3. The van der Waals surface area contributed by atoms with Gasteiger partial charge >= 0.3 is 0 Å². The Morgan fingerprint density at radius 3 is 2.38 bits per heavy atom. The van der Waals surface area contributed by atoms with Gasteiger partial charge in [-0.05, 0) is 13.0 Å². The molecule has 21 heavy (non-hydrogen) atoms. The molecule has 0 amide bonds. The van der Waals surface area contributed by atoms with Gasteiger partial charge in [0.25, 0.3) is 5.56 Å². The summed E-state index contributed by atoms with van der Waals surface area (Å²) in [6.07, 6.45) is 0. The number of aryl methyl sites for hydroxylation is 1. The van der Waals surface area contributed by atoms with Crippen molar-refractivity contribution in [3.05, 3.63) is 64.4 Å². The van der Waals surface area contributed by atoms with E-state index in [2.05, 4.69) is 5.10 Å². The van der Waals surface area contributed by atoms with Crippen LogP contribution in [0.4, 0.5) is 0 Å². The van der Waals surface area contributed by atoms with E-state index in [1.165, 1.54) is 10.2 Å². The van der Waals surface area contributed by atoms with Gasteiger partial charge in [0.1, 0.15) is 0 Å². The van der Waals surface area contributed by atoms with Crippen LogP contribution in [0.1, 0.15) is 5.56 Å². The maximum Gasteiger partial charge on any atom is 0.274 e. The van der Waals surface area contributed by atoms with Gasteiger partial charge < -0.3 is 5.11 Å².